The van der Waals surface area contributed by atoms with Gasteiger partial charge in [-0.2, -0.15) is 0 Å². The molecule has 2 N–H and O–H groups in total. The van der Waals surface area contributed by atoms with Crippen molar-refractivity contribution in [1.82, 2.24) is 0 Å². The van der Waals surface area contributed by atoms with E-state index in [2.05, 4.69) is 0 Å². The van der Waals surface area contributed by atoms with Crippen LogP contribution in [0.1, 0.15) is 39.0 Å². The molecule has 0 unspecified atom stereocenters. The Balaban J connectivity index is 2.49. The second-order valence-electron chi connectivity index (χ2n) is 4.25. The molecule has 4 heteroatoms. The van der Waals surface area contributed by atoms with E-state index in [9.17, 15) is 8.42 Å². The van der Waals surface area contributed by atoms with E-state index in [1.54, 1.807) is 0 Å². The molecule has 14 heavy (non-hydrogen) atoms. The number of sulfone groups is 1. The smallest absolute Gasteiger partial charge is 0.153 e. The number of nitrogens with two attached hydrogens (primary N) is 1. The zero-order valence-corrected chi connectivity index (χ0v) is 9.72. The van der Waals surface area contributed by atoms with Gasteiger partial charge in [-0.3, -0.25) is 0 Å². The molecule has 1 fully saturated rings. The summed E-state index contributed by atoms with van der Waals surface area (Å²) in [6, 6.07) is 0. The van der Waals surface area contributed by atoms with Gasteiger partial charge in [-0.1, -0.05) is 6.92 Å². The molecule has 1 aliphatic carbocycles. The largest absolute Gasteiger partial charge is 0.330 e. The van der Waals surface area contributed by atoms with E-state index in [0.29, 0.717) is 18.2 Å². The quantitative estimate of drug-likeness (QED) is 0.776. The van der Waals surface area contributed by atoms with Crippen molar-refractivity contribution in [3.8, 4) is 0 Å². The molecular weight excluding hydrogens is 198 g/mol. The van der Waals surface area contributed by atoms with Crippen LogP contribution in [0.4, 0.5) is 0 Å². The highest BCUT2D eigenvalue weighted by Gasteiger charge is 2.29. The van der Waals surface area contributed by atoms with Crippen molar-refractivity contribution in [1.29, 1.82) is 0 Å². The van der Waals surface area contributed by atoms with Crippen molar-refractivity contribution >= 4 is 9.84 Å². The van der Waals surface area contributed by atoms with Crippen LogP contribution in [0.15, 0.2) is 0 Å². The topological polar surface area (TPSA) is 60.2 Å². The van der Waals surface area contributed by atoms with E-state index in [0.717, 1.165) is 32.1 Å². The molecular formula is C10H21NO2S. The maximum Gasteiger partial charge on any atom is 0.153 e. The van der Waals surface area contributed by atoms with Gasteiger partial charge in [0, 0.05) is 0 Å². The molecule has 84 valence electrons. The molecule has 1 aliphatic rings. The number of rotatable bonds is 4. The van der Waals surface area contributed by atoms with Gasteiger partial charge in [0.25, 0.3) is 0 Å². The van der Waals surface area contributed by atoms with Crippen LogP contribution < -0.4 is 5.73 Å². The standard InChI is InChI=1S/C10H21NO2S/c1-2-7-14(12,13)10-5-3-9(8-11)4-6-10/h9-10H,2-8,11H2,1H3. The van der Waals surface area contributed by atoms with Gasteiger partial charge < -0.3 is 5.73 Å². The molecule has 0 aromatic rings. The fraction of sp³-hybridized carbons (Fsp3) is 1.00. The molecule has 0 radical (unpaired) electrons. The summed E-state index contributed by atoms with van der Waals surface area (Å²) in [4.78, 5) is 0. The van der Waals surface area contributed by atoms with Crippen LogP contribution in [-0.2, 0) is 9.84 Å². The van der Waals surface area contributed by atoms with E-state index in [1.165, 1.54) is 0 Å². The van der Waals surface area contributed by atoms with Crippen LogP contribution in [0.2, 0.25) is 0 Å². The Kier molecular flexibility index (Phi) is 4.38. The molecule has 0 bridgehead atoms. The Bertz CT molecular complexity index is 253. The molecule has 0 spiro atoms. The lowest BCUT2D eigenvalue weighted by molar-refractivity contribution is 0.364. The Labute approximate surface area is 87.0 Å². The Morgan fingerprint density at radius 2 is 1.79 bits per heavy atom. The predicted octanol–water partition coefficient (Wildman–Crippen LogP) is 1.33. The maximum absolute atomic E-state index is 11.7. The average Bonchev–Trinajstić information content (AvgIpc) is 2.18. The average molecular weight is 219 g/mol. The molecule has 0 amide bonds. The molecule has 0 atom stereocenters. The minimum absolute atomic E-state index is 0.0785. The van der Waals surface area contributed by atoms with Gasteiger partial charge in [-0.15, -0.1) is 0 Å². The second-order valence-corrected chi connectivity index (χ2v) is 6.65. The van der Waals surface area contributed by atoms with Gasteiger partial charge in [0.1, 0.15) is 0 Å². The van der Waals surface area contributed by atoms with Crippen LogP contribution >= 0.6 is 0 Å². The molecule has 0 saturated heterocycles. The van der Waals surface area contributed by atoms with Crippen molar-refractivity contribution in [3.05, 3.63) is 0 Å². The molecule has 3 nitrogen and oxygen atoms in total. The monoisotopic (exact) mass is 219 g/mol. The van der Waals surface area contributed by atoms with E-state index in [4.69, 9.17) is 5.73 Å². The summed E-state index contributed by atoms with van der Waals surface area (Å²) in [6.45, 7) is 2.63. The minimum atomic E-state index is -2.81. The lowest BCUT2D eigenvalue weighted by Crippen LogP contribution is -2.31. The summed E-state index contributed by atoms with van der Waals surface area (Å²) in [5, 5.41) is -0.0785. The van der Waals surface area contributed by atoms with Gasteiger partial charge in [0.2, 0.25) is 0 Å². The van der Waals surface area contributed by atoms with Gasteiger partial charge in [-0.05, 0) is 44.6 Å². The van der Waals surface area contributed by atoms with Crippen LogP contribution in [0, 0.1) is 5.92 Å². The lowest BCUT2D eigenvalue weighted by Gasteiger charge is -2.27. The SMILES string of the molecule is CCCS(=O)(=O)C1CCC(CN)CC1. The van der Waals surface area contributed by atoms with Crippen molar-refractivity contribution < 1.29 is 8.42 Å². The van der Waals surface area contributed by atoms with Gasteiger partial charge in [0.15, 0.2) is 9.84 Å². The first kappa shape index (κ1) is 12.0. The third kappa shape index (κ3) is 2.95. The molecule has 0 aliphatic heterocycles. The fourth-order valence-corrected chi connectivity index (χ4v) is 4.07. The Morgan fingerprint density at radius 3 is 2.21 bits per heavy atom. The van der Waals surface area contributed by atoms with Crippen molar-refractivity contribution in [2.24, 2.45) is 11.7 Å². The predicted molar refractivity (Wildman–Crippen MR) is 58.9 cm³/mol. The summed E-state index contributed by atoms with van der Waals surface area (Å²) in [5.74, 6) is 0.911. The molecule has 1 saturated carbocycles. The molecule has 1 rings (SSSR count). The molecule has 0 aromatic carbocycles. The van der Waals surface area contributed by atoms with Crippen LogP contribution in [0.3, 0.4) is 0 Å². The maximum atomic E-state index is 11.7. The summed E-state index contributed by atoms with van der Waals surface area (Å²) in [7, 11) is -2.81. The zero-order valence-electron chi connectivity index (χ0n) is 8.91. The highest BCUT2D eigenvalue weighted by molar-refractivity contribution is 7.92. The molecule has 0 aromatic heterocycles. The van der Waals surface area contributed by atoms with Crippen LogP contribution in [0.25, 0.3) is 0 Å². The van der Waals surface area contributed by atoms with Crippen molar-refractivity contribution in [2.45, 2.75) is 44.3 Å². The van der Waals surface area contributed by atoms with E-state index >= 15 is 0 Å². The van der Waals surface area contributed by atoms with Gasteiger partial charge in [-0.25, -0.2) is 8.42 Å². The van der Waals surface area contributed by atoms with E-state index < -0.39 is 9.84 Å². The summed E-state index contributed by atoms with van der Waals surface area (Å²) < 4.78 is 23.5. The van der Waals surface area contributed by atoms with Gasteiger partial charge in [0.05, 0.1) is 11.0 Å². The van der Waals surface area contributed by atoms with E-state index in [1.807, 2.05) is 6.92 Å². The highest BCUT2D eigenvalue weighted by atomic mass is 32.2. The first-order valence-electron chi connectivity index (χ1n) is 5.51. The third-order valence-electron chi connectivity index (χ3n) is 3.12. The summed E-state index contributed by atoms with van der Waals surface area (Å²) >= 11 is 0. The van der Waals surface area contributed by atoms with Crippen molar-refractivity contribution in [3.63, 3.8) is 0 Å². The highest BCUT2D eigenvalue weighted by Crippen LogP contribution is 2.28. The minimum Gasteiger partial charge on any atom is -0.330 e. The number of hydrogen-bond acceptors (Lipinski definition) is 3. The lowest BCUT2D eigenvalue weighted by atomic mass is 9.89. The Morgan fingerprint density at radius 1 is 1.21 bits per heavy atom. The van der Waals surface area contributed by atoms with Crippen LogP contribution in [0.5, 0.6) is 0 Å². The summed E-state index contributed by atoms with van der Waals surface area (Å²) in [6.07, 6.45) is 4.36. The number of hydrogen-bond donors (Lipinski definition) is 1. The van der Waals surface area contributed by atoms with Crippen LogP contribution in [-0.4, -0.2) is 26.0 Å². The normalized spacial score (nSPS) is 29.0. The van der Waals surface area contributed by atoms with Crippen molar-refractivity contribution in [2.75, 3.05) is 12.3 Å². The zero-order chi connectivity index (χ0) is 10.6. The second kappa shape index (κ2) is 5.12. The third-order valence-corrected chi connectivity index (χ3v) is 5.59. The Hall–Kier alpha value is -0.0900. The van der Waals surface area contributed by atoms with Gasteiger partial charge >= 0.3 is 0 Å². The first-order chi connectivity index (χ1) is 6.60. The van der Waals surface area contributed by atoms with E-state index in [-0.39, 0.29) is 5.25 Å². The fourth-order valence-electron chi connectivity index (χ4n) is 2.18. The molecule has 0 heterocycles. The first-order valence-corrected chi connectivity index (χ1v) is 7.23. The summed E-state index contributed by atoms with van der Waals surface area (Å²) in [5.41, 5.74) is 5.57.